The van der Waals surface area contributed by atoms with Gasteiger partial charge in [0.2, 0.25) is 5.88 Å². The van der Waals surface area contributed by atoms with Crippen LogP contribution in [0.25, 0.3) is 0 Å². The highest BCUT2D eigenvalue weighted by Gasteiger charge is 2.12. The van der Waals surface area contributed by atoms with Crippen molar-refractivity contribution in [2.45, 2.75) is 34.1 Å². The van der Waals surface area contributed by atoms with E-state index in [1.807, 2.05) is 45.9 Å². The van der Waals surface area contributed by atoms with Gasteiger partial charge in [-0.05, 0) is 56.5 Å². The highest BCUT2D eigenvalue weighted by Crippen LogP contribution is 2.24. The van der Waals surface area contributed by atoms with Gasteiger partial charge in [0.05, 0.1) is 12.7 Å². The molecule has 0 unspecified atom stereocenters. The van der Waals surface area contributed by atoms with Crippen LogP contribution in [0.2, 0.25) is 0 Å². The molecule has 0 spiro atoms. The van der Waals surface area contributed by atoms with E-state index in [-0.39, 0.29) is 0 Å². The Morgan fingerprint density at radius 1 is 1.29 bits per heavy atom. The lowest BCUT2D eigenvalue weighted by atomic mass is 10.1. The minimum atomic E-state index is -0.395. The molecule has 1 rings (SSSR count). The van der Waals surface area contributed by atoms with Crippen molar-refractivity contribution in [3.63, 3.8) is 0 Å². The van der Waals surface area contributed by atoms with Crippen LogP contribution >= 0.6 is 0 Å². The number of esters is 1. The van der Waals surface area contributed by atoms with Gasteiger partial charge in [-0.2, -0.15) is 0 Å². The second-order valence-electron chi connectivity index (χ2n) is 5.20. The van der Waals surface area contributed by atoms with Crippen molar-refractivity contribution < 1.29 is 14.3 Å². The van der Waals surface area contributed by atoms with Crippen molar-refractivity contribution in [3.8, 4) is 5.75 Å². The SMILES string of the molecule is C=C(C)C(/C=C\C)=C(\N=CC)Oc1cc(CC)cc(C(=O)OC)c1. The Morgan fingerprint density at radius 3 is 2.50 bits per heavy atom. The summed E-state index contributed by atoms with van der Waals surface area (Å²) >= 11 is 0. The fraction of sp³-hybridized carbons (Fsp3) is 0.300. The molecule has 0 saturated carbocycles. The highest BCUT2D eigenvalue weighted by molar-refractivity contribution is 5.90. The van der Waals surface area contributed by atoms with Crippen molar-refractivity contribution >= 4 is 12.2 Å². The maximum Gasteiger partial charge on any atom is 0.337 e. The number of aryl methyl sites for hydroxylation is 1. The third-order valence-electron chi connectivity index (χ3n) is 3.28. The number of aliphatic imine (C=N–C) groups is 1. The Hall–Kier alpha value is -2.62. The summed E-state index contributed by atoms with van der Waals surface area (Å²) < 4.78 is 10.8. The molecule has 0 aliphatic carbocycles. The number of carbonyl (C=O) groups is 1. The summed E-state index contributed by atoms with van der Waals surface area (Å²) in [5.41, 5.74) is 3.08. The second kappa shape index (κ2) is 9.50. The molecule has 0 aliphatic rings. The first-order valence-electron chi connectivity index (χ1n) is 7.88. The summed E-state index contributed by atoms with van der Waals surface area (Å²) in [5, 5.41) is 0. The molecule has 0 fully saturated rings. The van der Waals surface area contributed by atoms with Crippen molar-refractivity contribution in [2.24, 2.45) is 4.99 Å². The van der Waals surface area contributed by atoms with Gasteiger partial charge in [0.25, 0.3) is 0 Å². The normalized spacial score (nSPS) is 12.4. The molecular weight excluding hydrogens is 302 g/mol. The van der Waals surface area contributed by atoms with E-state index >= 15 is 0 Å². The Bertz CT molecular complexity index is 697. The molecule has 4 heteroatoms. The number of benzene rings is 1. The van der Waals surface area contributed by atoms with E-state index in [2.05, 4.69) is 11.6 Å². The van der Waals surface area contributed by atoms with Gasteiger partial charge in [0, 0.05) is 11.8 Å². The Morgan fingerprint density at radius 2 is 2.00 bits per heavy atom. The number of ether oxygens (including phenoxy) is 2. The van der Waals surface area contributed by atoms with Crippen LogP contribution in [0, 0.1) is 0 Å². The smallest absolute Gasteiger partial charge is 0.337 e. The van der Waals surface area contributed by atoms with Crippen LogP contribution < -0.4 is 4.74 Å². The van der Waals surface area contributed by atoms with Gasteiger partial charge in [-0.15, -0.1) is 0 Å². The molecular formula is C20H25NO3. The van der Waals surface area contributed by atoms with E-state index in [1.165, 1.54) is 7.11 Å². The van der Waals surface area contributed by atoms with Gasteiger partial charge in [-0.25, -0.2) is 9.79 Å². The third kappa shape index (κ3) is 5.23. The lowest BCUT2D eigenvalue weighted by Crippen LogP contribution is -2.04. The van der Waals surface area contributed by atoms with E-state index in [4.69, 9.17) is 9.47 Å². The predicted octanol–water partition coefficient (Wildman–Crippen LogP) is 4.87. The van der Waals surface area contributed by atoms with E-state index in [1.54, 1.807) is 18.3 Å². The summed E-state index contributed by atoms with van der Waals surface area (Å²) in [6, 6.07) is 5.35. The van der Waals surface area contributed by atoms with Crippen molar-refractivity contribution in [1.29, 1.82) is 0 Å². The molecule has 24 heavy (non-hydrogen) atoms. The maximum absolute atomic E-state index is 11.8. The molecule has 0 saturated heterocycles. The average Bonchev–Trinajstić information content (AvgIpc) is 2.57. The average molecular weight is 327 g/mol. The maximum atomic E-state index is 11.8. The standard InChI is InChI=1S/C20H25NO3/c1-7-10-18(14(4)5)19(21-9-3)24-17-12-15(8-2)11-16(13-17)20(22)23-6/h7,9-13H,4,8H2,1-3,5-6H3/b10-7-,19-18+,21-9?. The number of allylic oxidation sites excluding steroid dienone is 4. The molecule has 0 N–H and O–H groups in total. The first-order chi connectivity index (χ1) is 11.5. The van der Waals surface area contributed by atoms with Crippen LogP contribution in [0.1, 0.15) is 43.6 Å². The van der Waals surface area contributed by atoms with Crippen molar-refractivity contribution in [1.82, 2.24) is 0 Å². The van der Waals surface area contributed by atoms with Crippen LogP contribution in [0.4, 0.5) is 0 Å². The molecule has 4 nitrogen and oxygen atoms in total. The Labute approximate surface area is 144 Å². The second-order valence-corrected chi connectivity index (χ2v) is 5.20. The summed E-state index contributed by atoms with van der Waals surface area (Å²) in [6.07, 6.45) is 6.24. The molecule has 0 aromatic heterocycles. The van der Waals surface area contributed by atoms with Gasteiger partial charge in [-0.3, -0.25) is 0 Å². The zero-order valence-corrected chi connectivity index (χ0v) is 15.1. The minimum Gasteiger partial charge on any atom is -0.465 e. The molecule has 0 bridgehead atoms. The quantitative estimate of drug-likeness (QED) is 0.311. The summed E-state index contributed by atoms with van der Waals surface area (Å²) in [7, 11) is 1.36. The van der Waals surface area contributed by atoms with E-state index < -0.39 is 5.97 Å². The fourth-order valence-electron chi connectivity index (χ4n) is 2.10. The van der Waals surface area contributed by atoms with E-state index in [0.29, 0.717) is 17.2 Å². The zero-order valence-electron chi connectivity index (χ0n) is 15.1. The van der Waals surface area contributed by atoms with Crippen LogP contribution in [0.5, 0.6) is 5.75 Å². The van der Waals surface area contributed by atoms with Gasteiger partial charge in [0.1, 0.15) is 5.75 Å². The van der Waals surface area contributed by atoms with E-state index in [0.717, 1.165) is 23.1 Å². The molecule has 128 valence electrons. The van der Waals surface area contributed by atoms with Crippen molar-refractivity contribution in [3.05, 3.63) is 65.1 Å². The molecule has 0 aliphatic heterocycles. The first-order valence-corrected chi connectivity index (χ1v) is 7.88. The molecule has 1 aromatic rings. The lowest BCUT2D eigenvalue weighted by Gasteiger charge is -2.12. The number of hydrogen-bond donors (Lipinski definition) is 0. The van der Waals surface area contributed by atoms with E-state index in [9.17, 15) is 4.79 Å². The molecule has 1 aromatic carbocycles. The summed E-state index contributed by atoms with van der Waals surface area (Å²) in [6.45, 7) is 11.6. The van der Waals surface area contributed by atoms with Crippen LogP contribution in [0.3, 0.4) is 0 Å². The topological polar surface area (TPSA) is 47.9 Å². The van der Waals surface area contributed by atoms with Gasteiger partial charge < -0.3 is 9.47 Å². The van der Waals surface area contributed by atoms with Crippen LogP contribution in [0.15, 0.2) is 59.0 Å². The van der Waals surface area contributed by atoms with Crippen molar-refractivity contribution in [2.75, 3.05) is 7.11 Å². The van der Waals surface area contributed by atoms with Crippen LogP contribution in [-0.2, 0) is 11.2 Å². The Balaban J connectivity index is 3.40. The summed E-state index contributed by atoms with van der Waals surface area (Å²) in [5.74, 6) is 0.582. The largest absolute Gasteiger partial charge is 0.465 e. The highest BCUT2D eigenvalue weighted by atomic mass is 16.5. The molecule has 0 atom stereocenters. The number of nitrogens with zero attached hydrogens (tertiary/aromatic N) is 1. The fourth-order valence-corrected chi connectivity index (χ4v) is 2.10. The van der Waals surface area contributed by atoms with Crippen LogP contribution in [-0.4, -0.2) is 19.3 Å². The lowest BCUT2D eigenvalue weighted by molar-refractivity contribution is 0.0600. The molecule has 0 heterocycles. The number of hydrogen-bond acceptors (Lipinski definition) is 4. The zero-order chi connectivity index (χ0) is 18.1. The summed E-state index contributed by atoms with van der Waals surface area (Å²) in [4.78, 5) is 16.2. The number of carbonyl (C=O) groups excluding carboxylic acids is 1. The minimum absolute atomic E-state index is 0.395. The number of rotatable bonds is 7. The Kier molecular flexibility index (Phi) is 7.69. The predicted molar refractivity (Wildman–Crippen MR) is 98.6 cm³/mol. The van der Waals surface area contributed by atoms with Gasteiger partial charge in [0.15, 0.2) is 0 Å². The molecule has 0 radical (unpaired) electrons. The third-order valence-corrected chi connectivity index (χ3v) is 3.28. The first kappa shape index (κ1) is 19.4. The van der Waals surface area contributed by atoms with Gasteiger partial charge in [-0.1, -0.05) is 25.7 Å². The molecule has 0 amide bonds. The van der Waals surface area contributed by atoms with Gasteiger partial charge >= 0.3 is 5.97 Å². The monoisotopic (exact) mass is 327 g/mol. The number of methoxy groups -OCH3 is 1.